The number of hydrogen-bond acceptors (Lipinski definition) is 2. The normalized spacial score (nSPS) is 10.9. The molecule has 0 bridgehead atoms. The van der Waals surface area contributed by atoms with Crippen molar-refractivity contribution in [1.82, 2.24) is 5.32 Å². The molecule has 0 aliphatic rings. The lowest BCUT2D eigenvalue weighted by molar-refractivity contribution is 0.403. The second kappa shape index (κ2) is 5.25. The Bertz CT molecular complexity index is 407. The SMILES string of the molecule is C#CC(C)(C)NCc1cc(Cl)ccc1OC. The van der Waals surface area contributed by atoms with Gasteiger partial charge in [-0.2, -0.15) is 0 Å². The summed E-state index contributed by atoms with van der Waals surface area (Å²) in [5.74, 6) is 3.49. The van der Waals surface area contributed by atoms with Crippen LogP contribution in [-0.4, -0.2) is 12.6 Å². The molecule has 0 aromatic heterocycles. The molecular formula is C13H16ClNO. The van der Waals surface area contributed by atoms with Crippen molar-refractivity contribution < 1.29 is 4.74 Å². The molecule has 0 aliphatic carbocycles. The van der Waals surface area contributed by atoms with Crippen LogP contribution in [0.15, 0.2) is 18.2 Å². The van der Waals surface area contributed by atoms with Crippen LogP contribution in [0.2, 0.25) is 5.02 Å². The monoisotopic (exact) mass is 237 g/mol. The molecule has 0 heterocycles. The molecule has 3 heteroatoms. The molecule has 1 aromatic rings. The Morgan fingerprint density at radius 2 is 2.19 bits per heavy atom. The zero-order valence-corrected chi connectivity index (χ0v) is 10.6. The lowest BCUT2D eigenvalue weighted by Gasteiger charge is -2.20. The molecule has 1 aromatic carbocycles. The first-order valence-corrected chi connectivity index (χ1v) is 5.41. The van der Waals surface area contributed by atoms with Crippen LogP contribution < -0.4 is 10.1 Å². The van der Waals surface area contributed by atoms with E-state index in [4.69, 9.17) is 22.8 Å². The van der Waals surface area contributed by atoms with Crippen molar-refractivity contribution in [3.05, 3.63) is 28.8 Å². The van der Waals surface area contributed by atoms with E-state index in [2.05, 4.69) is 11.2 Å². The van der Waals surface area contributed by atoms with E-state index in [0.717, 1.165) is 11.3 Å². The fourth-order valence-corrected chi connectivity index (χ4v) is 1.45. The summed E-state index contributed by atoms with van der Waals surface area (Å²) in [5, 5.41) is 3.94. The number of benzene rings is 1. The summed E-state index contributed by atoms with van der Waals surface area (Å²) < 4.78 is 5.25. The van der Waals surface area contributed by atoms with E-state index >= 15 is 0 Å². The molecular weight excluding hydrogens is 222 g/mol. The molecule has 0 radical (unpaired) electrons. The van der Waals surface area contributed by atoms with Crippen molar-refractivity contribution in [3.63, 3.8) is 0 Å². The molecule has 2 nitrogen and oxygen atoms in total. The Balaban J connectivity index is 2.81. The van der Waals surface area contributed by atoms with Crippen molar-refractivity contribution in [3.8, 4) is 18.1 Å². The quantitative estimate of drug-likeness (QED) is 0.814. The Morgan fingerprint density at radius 3 is 2.75 bits per heavy atom. The Labute approximate surface area is 102 Å². The van der Waals surface area contributed by atoms with Crippen molar-refractivity contribution in [2.75, 3.05) is 7.11 Å². The van der Waals surface area contributed by atoms with Crippen molar-refractivity contribution in [2.24, 2.45) is 0 Å². The predicted octanol–water partition coefficient (Wildman–Crippen LogP) is 2.85. The van der Waals surface area contributed by atoms with Crippen LogP contribution >= 0.6 is 11.6 Å². The van der Waals surface area contributed by atoms with E-state index < -0.39 is 0 Å². The van der Waals surface area contributed by atoms with Crippen LogP contribution in [0, 0.1) is 12.3 Å². The second-order valence-corrected chi connectivity index (χ2v) is 4.52. The Hall–Kier alpha value is -1.17. The van der Waals surface area contributed by atoms with E-state index in [0.29, 0.717) is 11.6 Å². The smallest absolute Gasteiger partial charge is 0.123 e. The fourth-order valence-electron chi connectivity index (χ4n) is 1.25. The van der Waals surface area contributed by atoms with E-state index in [1.807, 2.05) is 26.0 Å². The minimum absolute atomic E-state index is 0.340. The highest BCUT2D eigenvalue weighted by Gasteiger charge is 2.13. The molecule has 0 aliphatic heterocycles. The highest BCUT2D eigenvalue weighted by Crippen LogP contribution is 2.22. The number of hydrogen-bond donors (Lipinski definition) is 1. The van der Waals surface area contributed by atoms with Crippen LogP contribution in [0.25, 0.3) is 0 Å². The number of terminal acetylenes is 1. The first-order chi connectivity index (χ1) is 7.48. The zero-order valence-electron chi connectivity index (χ0n) is 9.80. The molecule has 16 heavy (non-hydrogen) atoms. The minimum atomic E-state index is -0.340. The number of rotatable bonds is 4. The maximum Gasteiger partial charge on any atom is 0.123 e. The van der Waals surface area contributed by atoms with Crippen LogP contribution in [0.4, 0.5) is 0 Å². The van der Waals surface area contributed by atoms with Gasteiger partial charge >= 0.3 is 0 Å². The average molecular weight is 238 g/mol. The maximum atomic E-state index is 5.93. The third-order valence-corrected chi connectivity index (χ3v) is 2.56. The van der Waals surface area contributed by atoms with Gasteiger partial charge in [0.05, 0.1) is 12.6 Å². The predicted molar refractivity (Wildman–Crippen MR) is 67.8 cm³/mol. The molecule has 0 atom stereocenters. The molecule has 86 valence electrons. The third-order valence-electron chi connectivity index (χ3n) is 2.32. The fraction of sp³-hybridized carbons (Fsp3) is 0.385. The summed E-state index contributed by atoms with van der Waals surface area (Å²) >= 11 is 5.93. The minimum Gasteiger partial charge on any atom is -0.496 e. The van der Waals surface area contributed by atoms with Crippen molar-refractivity contribution in [1.29, 1.82) is 0 Å². The molecule has 0 spiro atoms. The maximum absolute atomic E-state index is 5.93. The Kier molecular flexibility index (Phi) is 4.23. The van der Waals surface area contributed by atoms with Crippen molar-refractivity contribution >= 4 is 11.6 Å². The largest absolute Gasteiger partial charge is 0.496 e. The topological polar surface area (TPSA) is 21.3 Å². The van der Waals surface area contributed by atoms with Gasteiger partial charge in [-0.05, 0) is 32.0 Å². The summed E-state index contributed by atoms with van der Waals surface area (Å²) in [4.78, 5) is 0. The summed E-state index contributed by atoms with van der Waals surface area (Å²) in [6, 6.07) is 5.53. The summed E-state index contributed by atoms with van der Waals surface area (Å²) in [6.45, 7) is 4.52. The van der Waals surface area contributed by atoms with E-state index in [9.17, 15) is 0 Å². The van der Waals surface area contributed by atoms with Gasteiger partial charge in [0.1, 0.15) is 5.75 Å². The molecule has 1 rings (SSSR count). The highest BCUT2D eigenvalue weighted by atomic mass is 35.5. The molecule has 1 N–H and O–H groups in total. The molecule has 0 fully saturated rings. The van der Waals surface area contributed by atoms with Crippen LogP contribution in [0.1, 0.15) is 19.4 Å². The molecule has 0 saturated heterocycles. The first-order valence-electron chi connectivity index (χ1n) is 5.04. The van der Waals surface area contributed by atoms with Gasteiger partial charge in [-0.3, -0.25) is 5.32 Å². The second-order valence-electron chi connectivity index (χ2n) is 4.08. The number of ether oxygens (including phenoxy) is 1. The van der Waals surface area contributed by atoms with Crippen LogP contribution in [0.5, 0.6) is 5.75 Å². The van der Waals surface area contributed by atoms with Crippen LogP contribution in [-0.2, 0) is 6.54 Å². The third kappa shape index (κ3) is 3.44. The van der Waals surface area contributed by atoms with E-state index in [1.165, 1.54) is 0 Å². The van der Waals surface area contributed by atoms with Gasteiger partial charge in [0, 0.05) is 17.1 Å². The number of halogens is 1. The lowest BCUT2D eigenvalue weighted by atomic mass is 10.1. The Morgan fingerprint density at radius 1 is 1.50 bits per heavy atom. The number of nitrogens with one attached hydrogen (secondary N) is 1. The van der Waals surface area contributed by atoms with E-state index in [-0.39, 0.29) is 5.54 Å². The average Bonchev–Trinajstić information content (AvgIpc) is 2.27. The van der Waals surface area contributed by atoms with Crippen molar-refractivity contribution in [2.45, 2.75) is 25.9 Å². The highest BCUT2D eigenvalue weighted by molar-refractivity contribution is 6.30. The van der Waals surface area contributed by atoms with Gasteiger partial charge < -0.3 is 4.74 Å². The summed E-state index contributed by atoms with van der Waals surface area (Å²) in [5.41, 5.74) is 0.658. The van der Waals surface area contributed by atoms with Gasteiger partial charge in [-0.1, -0.05) is 17.5 Å². The van der Waals surface area contributed by atoms with Gasteiger partial charge in [-0.25, -0.2) is 0 Å². The van der Waals surface area contributed by atoms with Gasteiger partial charge in [-0.15, -0.1) is 6.42 Å². The molecule has 0 saturated carbocycles. The van der Waals surface area contributed by atoms with Gasteiger partial charge in [0.2, 0.25) is 0 Å². The standard InChI is InChI=1S/C13H16ClNO/c1-5-13(2,3)15-9-10-8-11(14)6-7-12(10)16-4/h1,6-8,15H,9H2,2-4H3. The lowest BCUT2D eigenvalue weighted by Crippen LogP contribution is -2.37. The summed E-state index contributed by atoms with van der Waals surface area (Å²) in [7, 11) is 1.64. The van der Waals surface area contributed by atoms with Crippen LogP contribution in [0.3, 0.4) is 0 Å². The summed E-state index contributed by atoms with van der Waals surface area (Å²) in [6.07, 6.45) is 5.40. The zero-order chi connectivity index (χ0) is 12.2. The molecule has 0 unspecified atom stereocenters. The van der Waals surface area contributed by atoms with Gasteiger partial charge in [0.15, 0.2) is 0 Å². The van der Waals surface area contributed by atoms with Gasteiger partial charge in [0.25, 0.3) is 0 Å². The number of methoxy groups -OCH3 is 1. The van der Waals surface area contributed by atoms with E-state index in [1.54, 1.807) is 13.2 Å². The molecule has 0 amide bonds. The first kappa shape index (κ1) is 12.9.